The lowest BCUT2D eigenvalue weighted by molar-refractivity contribution is -0.152. The number of hydrogen-bond acceptors (Lipinski definition) is 2. The molecule has 0 unspecified atom stereocenters. The molecule has 1 heterocycles. The average molecular weight is 266 g/mol. The van der Waals surface area contributed by atoms with E-state index in [-0.39, 0.29) is 18.4 Å². The first-order chi connectivity index (χ1) is 9.11. The topological polar surface area (TPSA) is 49.4 Å². The van der Waals surface area contributed by atoms with Crippen LogP contribution in [0.25, 0.3) is 0 Å². The molecule has 0 aromatic carbocycles. The zero-order valence-corrected chi connectivity index (χ0v) is 12.2. The Balaban J connectivity index is 2.11. The third kappa shape index (κ3) is 2.93. The summed E-state index contributed by atoms with van der Waals surface area (Å²) in [6.07, 6.45) is 7.03. The molecule has 2 aliphatic rings. The first kappa shape index (κ1) is 14.4. The molecule has 1 aliphatic heterocycles. The van der Waals surface area contributed by atoms with Crippen LogP contribution in [0.3, 0.4) is 0 Å². The summed E-state index contributed by atoms with van der Waals surface area (Å²) in [5.41, 5.74) is -0.570. The van der Waals surface area contributed by atoms with Crippen molar-refractivity contribution < 1.29 is 9.59 Å². The van der Waals surface area contributed by atoms with Gasteiger partial charge in [-0.1, -0.05) is 46.0 Å². The highest BCUT2D eigenvalue weighted by molar-refractivity contribution is 5.98. The van der Waals surface area contributed by atoms with Crippen molar-refractivity contribution in [1.29, 1.82) is 0 Å². The first-order valence-electron chi connectivity index (χ1n) is 7.71. The van der Waals surface area contributed by atoms with E-state index < -0.39 is 5.54 Å². The summed E-state index contributed by atoms with van der Waals surface area (Å²) in [7, 11) is 0. The van der Waals surface area contributed by atoms with Crippen molar-refractivity contribution in [2.75, 3.05) is 13.1 Å². The minimum Gasteiger partial charge on any atom is -0.340 e. The van der Waals surface area contributed by atoms with Crippen LogP contribution in [0.1, 0.15) is 58.8 Å². The number of rotatable bonds is 4. The van der Waals surface area contributed by atoms with Gasteiger partial charge in [0.1, 0.15) is 5.54 Å². The molecule has 1 spiro atoms. The molecule has 0 aromatic rings. The number of piperazine rings is 1. The molecule has 1 saturated heterocycles. The minimum atomic E-state index is -0.570. The molecule has 0 atom stereocenters. The van der Waals surface area contributed by atoms with Crippen LogP contribution in [-0.2, 0) is 9.59 Å². The van der Waals surface area contributed by atoms with E-state index in [1.165, 1.54) is 6.42 Å². The third-order valence-corrected chi connectivity index (χ3v) is 4.75. The lowest BCUT2D eigenvalue weighted by Crippen LogP contribution is -2.67. The molecular weight excluding hydrogens is 240 g/mol. The van der Waals surface area contributed by atoms with Crippen LogP contribution in [0.5, 0.6) is 0 Å². The van der Waals surface area contributed by atoms with Crippen LogP contribution in [0.2, 0.25) is 0 Å². The van der Waals surface area contributed by atoms with Crippen LogP contribution < -0.4 is 5.32 Å². The van der Waals surface area contributed by atoms with Gasteiger partial charge in [-0.25, -0.2) is 0 Å². The summed E-state index contributed by atoms with van der Waals surface area (Å²) in [5.74, 6) is 0.696. The van der Waals surface area contributed by atoms with Gasteiger partial charge in [0.25, 0.3) is 0 Å². The number of nitrogens with one attached hydrogen (secondary N) is 1. The highest BCUT2D eigenvalue weighted by Gasteiger charge is 2.47. The van der Waals surface area contributed by atoms with E-state index in [1.807, 2.05) is 4.90 Å². The number of carbonyl (C=O) groups is 2. The Hall–Kier alpha value is -1.06. The van der Waals surface area contributed by atoms with Crippen molar-refractivity contribution in [3.05, 3.63) is 0 Å². The molecule has 2 rings (SSSR count). The number of carbonyl (C=O) groups excluding carboxylic acids is 2. The molecule has 4 nitrogen and oxygen atoms in total. The molecule has 2 amide bonds. The quantitative estimate of drug-likeness (QED) is 0.847. The highest BCUT2D eigenvalue weighted by atomic mass is 16.2. The molecule has 108 valence electrons. The maximum Gasteiger partial charge on any atom is 0.248 e. The monoisotopic (exact) mass is 266 g/mol. The van der Waals surface area contributed by atoms with E-state index >= 15 is 0 Å². The number of hydrogen-bond donors (Lipinski definition) is 1. The summed E-state index contributed by atoms with van der Waals surface area (Å²) in [6.45, 7) is 5.29. The maximum atomic E-state index is 12.7. The lowest BCUT2D eigenvalue weighted by atomic mass is 9.79. The van der Waals surface area contributed by atoms with Gasteiger partial charge in [-0.2, -0.15) is 0 Å². The smallest absolute Gasteiger partial charge is 0.248 e. The van der Waals surface area contributed by atoms with E-state index in [0.29, 0.717) is 5.92 Å². The van der Waals surface area contributed by atoms with Crippen molar-refractivity contribution in [3.63, 3.8) is 0 Å². The molecular formula is C15H26N2O2. The first-order valence-corrected chi connectivity index (χ1v) is 7.71. The fourth-order valence-electron chi connectivity index (χ4n) is 3.41. The van der Waals surface area contributed by atoms with E-state index in [2.05, 4.69) is 19.2 Å². The Morgan fingerprint density at radius 1 is 1.16 bits per heavy atom. The molecule has 0 bridgehead atoms. The van der Waals surface area contributed by atoms with E-state index in [9.17, 15) is 9.59 Å². The molecule has 4 heteroatoms. The predicted molar refractivity (Wildman–Crippen MR) is 74.6 cm³/mol. The van der Waals surface area contributed by atoms with Crippen LogP contribution in [0.4, 0.5) is 0 Å². The molecule has 1 saturated carbocycles. The lowest BCUT2D eigenvalue weighted by Gasteiger charge is -2.44. The normalized spacial score (nSPS) is 23.0. The Bertz CT molecular complexity index is 344. The highest BCUT2D eigenvalue weighted by Crippen LogP contribution is 2.32. The standard InChI is InChI=1S/C15H26N2O2/c1-3-12(4-2)10-17-11-13(18)16-15(14(17)19)8-6-5-7-9-15/h12H,3-11H2,1-2H3,(H,16,18). The minimum absolute atomic E-state index is 0.0208. The van der Waals surface area contributed by atoms with Gasteiger partial charge in [-0.3, -0.25) is 9.59 Å². The van der Waals surface area contributed by atoms with Gasteiger partial charge in [0, 0.05) is 6.54 Å². The van der Waals surface area contributed by atoms with Crippen molar-refractivity contribution in [2.45, 2.75) is 64.3 Å². The zero-order valence-electron chi connectivity index (χ0n) is 12.2. The van der Waals surface area contributed by atoms with Crippen LogP contribution in [0.15, 0.2) is 0 Å². The van der Waals surface area contributed by atoms with Crippen LogP contribution in [0, 0.1) is 5.92 Å². The second-order valence-electron chi connectivity index (χ2n) is 6.06. The summed E-state index contributed by atoms with van der Waals surface area (Å²) in [4.78, 5) is 26.5. The van der Waals surface area contributed by atoms with Crippen molar-refractivity contribution >= 4 is 11.8 Å². The SMILES string of the molecule is CCC(CC)CN1CC(=O)NC2(CCCCC2)C1=O. The van der Waals surface area contributed by atoms with Gasteiger partial charge in [-0.15, -0.1) is 0 Å². The van der Waals surface area contributed by atoms with Crippen molar-refractivity contribution in [1.82, 2.24) is 10.2 Å². The van der Waals surface area contributed by atoms with Gasteiger partial charge in [0.15, 0.2) is 0 Å². The van der Waals surface area contributed by atoms with E-state index in [4.69, 9.17) is 0 Å². The summed E-state index contributed by atoms with van der Waals surface area (Å²) >= 11 is 0. The van der Waals surface area contributed by atoms with Gasteiger partial charge in [0.05, 0.1) is 6.54 Å². The molecule has 19 heavy (non-hydrogen) atoms. The Kier molecular flexibility index (Phi) is 4.48. The van der Waals surface area contributed by atoms with E-state index in [1.54, 1.807) is 0 Å². The van der Waals surface area contributed by atoms with E-state index in [0.717, 1.165) is 45.1 Å². The second kappa shape index (κ2) is 5.93. The average Bonchev–Trinajstić information content (AvgIpc) is 2.42. The predicted octanol–water partition coefficient (Wildman–Crippen LogP) is 2.08. The summed E-state index contributed by atoms with van der Waals surface area (Å²) < 4.78 is 0. The number of amides is 2. The van der Waals surface area contributed by atoms with Crippen molar-refractivity contribution in [3.8, 4) is 0 Å². The molecule has 1 N–H and O–H groups in total. The maximum absolute atomic E-state index is 12.7. The summed E-state index contributed by atoms with van der Waals surface area (Å²) in [6, 6.07) is 0. The van der Waals surface area contributed by atoms with Gasteiger partial charge in [0.2, 0.25) is 11.8 Å². The Morgan fingerprint density at radius 2 is 1.79 bits per heavy atom. The third-order valence-electron chi connectivity index (χ3n) is 4.75. The second-order valence-corrected chi connectivity index (χ2v) is 6.06. The largest absolute Gasteiger partial charge is 0.340 e. The Labute approximate surface area is 115 Å². The van der Waals surface area contributed by atoms with Crippen LogP contribution in [-0.4, -0.2) is 35.3 Å². The van der Waals surface area contributed by atoms with Crippen LogP contribution >= 0.6 is 0 Å². The zero-order chi connectivity index (χ0) is 13.9. The summed E-state index contributed by atoms with van der Waals surface area (Å²) in [5, 5.41) is 2.99. The molecule has 0 radical (unpaired) electrons. The Morgan fingerprint density at radius 3 is 2.37 bits per heavy atom. The fourth-order valence-corrected chi connectivity index (χ4v) is 3.41. The van der Waals surface area contributed by atoms with Gasteiger partial charge >= 0.3 is 0 Å². The fraction of sp³-hybridized carbons (Fsp3) is 0.867. The molecule has 1 aliphatic carbocycles. The molecule has 2 fully saturated rings. The van der Waals surface area contributed by atoms with Crippen molar-refractivity contribution in [2.24, 2.45) is 5.92 Å². The van der Waals surface area contributed by atoms with Gasteiger partial charge < -0.3 is 10.2 Å². The molecule has 0 aromatic heterocycles. The number of nitrogens with zero attached hydrogens (tertiary/aromatic N) is 1. The van der Waals surface area contributed by atoms with Gasteiger partial charge in [-0.05, 0) is 18.8 Å².